The smallest absolute Gasteiger partial charge is 0.309 e. The molecule has 4 nitrogen and oxygen atoms in total. The molecule has 2 N–H and O–H groups in total. The van der Waals surface area contributed by atoms with Crippen molar-refractivity contribution in [2.24, 2.45) is 56.7 Å². The average Bonchev–Trinajstić information content (AvgIpc) is 3.18. The second-order valence-electron chi connectivity index (χ2n) is 14.8. The maximum Gasteiger partial charge on any atom is 0.309 e. The van der Waals surface area contributed by atoms with Crippen molar-refractivity contribution >= 4 is 12.4 Å². The van der Waals surface area contributed by atoms with E-state index in [1.165, 1.54) is 37.7 Å². The highest BCUT2D eigenvalue weighted by Crippen LogP contribution is 2.77. The number of nitrogens with one attached hydrogen (secondary N) is 1. The lowest BCUT2D eigenvalue weighted by Gasteiger charge is -2.73. The van der Waals surface area contributed by atoms with Gasteiger partial charge in [-0.3, -0.25) is 9.59 Å². The summed E-state index contributed by atoms with van der Waals surface area (Å²) in [5.41, 5.74) is 1.43. The number of carboxylic acid groups (broad SMARTS) is 1. The maximum atomic E-state index is 12.8. The predicted molar refractivity (Wildman–Crippen MR) is 140 cm³/mol. The van der Waals surface area contributed by atoms with Gasteiger partial charge in [0.2, 0.25) is 6.41 Å². The zero-order chi connectivity index (χ0) is 25.6. The molecule has 4 heteroatoms. The highest BCUT2D eigenvalue weighted by atomic mass is 16.4. The van der Waals surface area contributed by atoms with Gasteiger partial charge in [0, 0.05) is 6.04 Å². The van der Waals surface area contributed by atoms with Crippen LogP contribution in [0.2, 0.25) is 0 Å². The van der Waals surface area contributed by atoms with Gasteiger partial charge in [-0.05, 0) is 122 Å². The molecule has 0 aromatic heterocycles. The molecule has 0 saturated heterocycles. The molecule has 5 unspecified atom stereocenters. The first-order valence-corrected chi connectivity index (χ1v) is 14.4. The van der Waals surface area contributed by atoms with Gasteiger partial charge in [0.05, 0.1) is 5.41 Å². The standard InChI is InChI=1S/C31H49NO3/c1-19(2)20-10-15-31(26(34)35)17-16-29(6)21(25(20)31)8-9-23-28(5)13-12-24(32-18-33)27(3,4)22(28)11-14-30(23,29)7/h18,20-25H,1,8-17H2,2-7H3,(H,32,33)(H,34,35)/t20?,21?,22?,23?,24-,25?,28-,29+,30+,31-/m0/s1. The topological polar surface area (TPSA) is 66.4 Å². The lowest BCUT2D eigenvalue weighted by molar-refractivity contribution is -0.240. The molecule has 5 rings (SSSR count). The number of amides is 1. The quantitative estimate of drug-likeness (QED) is 0.340. The number of carbonyl (C=O) groups is 2. The fraction of sp³-hybridized carbons (Fsp3) is 0.871. The molecule has 0 aromatic carbocycles. The van der Waals surface area contributed by atoms with Crippen LogP contribution in [-0.2, 0) is 9.59 Å². The number of hydrogen-bond acceptors (Lipinski definition) is 2. The minimum absolute atomic E-state index is 0.0918. The van der Waals surface area contributed by atoms with Gasteiger partial charge in [-0.15, -0.1) is 0 Å². The Morgan fingerprint density at radius 3 is 2.23 bits per heavy atom. The number of hydrogen-bond donors (Lipinski definition) is 2. The molecule has 196 valence electrons. The Labute approximate surface area is 213 Å². The normalized spacial score (nSPS) is 52.3. The molecule has 5 aliphatic rings. The van der Waals surface area contributed by atoms with E-state index in [1.54, 1.807) is 0 Å². The fourth-order valence-electron chi connectivity index (χ4n) is 11.9. The minimum Gasteiger partial charge on any atom is -0.481 e. The number of carbonyl (C=O) groups excluding carboxylic acids is 1. The zero-order valence-corrected chi connectivity index (χ0v) is 23.1. The van der Waals surface area contributed by atoms with E-state index in [0.717, 1.165) is 38.5 Å². The number of fused-ring (bicyclic) bond motifs is 7. The van der Waals surface area contributed by atoms with Crippen LogP contribution in [0.4, 0.5) is 0 Å². The molecule has 5 saturated carbocycles. The summed E-state index contributed by atoms with van der Waals surface area (Å²) in [6.07, 6.45) is 11.7. The van der Waals surface area contributed by atoms with Gasteiger partial charge in [0.25, 0.3) is 0 Å². The molecule has 5 fully saturated rings. The number of rotatable bonds is 4. The van der Waals surface area contributed by atoms with Crippen LogP contribution in [0.15, 0.2) is 12.2 Å². The zero-order valence-electron chi connectivity index (χ0n) is 23.1. The maximum absolute atomic E-state index is 12.8. The number of aliphatic carboxylic acids is 1. The van der Waals surface area contributed by atoms with Crippen LogP contribution in [0.1, 0.15) is 106 Å². The van der Waals surface area contributed by atoms with Crippen molar-refractivity contribution in [2.45, 2.75) is 112 Å². The van der Waals surface area contributed by atoms with Crippen LogP contribution < -0.4 is 5.32 Å². The van der Waals surface area contributed by atoms with Gasteiger partial charge in [-0.25, -0.2) is 0 Å². The first-order valence-electron chi connectivity index (χ1n) is 14.4. The first-order chi connectivity index (χ1) is 16.3. The van der Waals surface area contributed by atoms with Crippen molar-refractivity contribution in [3.05, 3.63) is 12.2 Å². The van der Waals surface area contributed by atoms with E-state index < -0.39 is 11.4 Å². The summed E-state index contributed by atoms with van der Waals surface area (Å²) in [6, 6.07) is 0.259. The Bertz CT molecular complexity index is 926. The second-order valence-corrected chi connectivity index (χ2v) is 14.8. The monoisotopic (exact) mass is 483 g/mol. The third-order valence-electron chi connectivity index (χ3n) is 13.8. The molecule has 0 aliphatic heterocycles. The summed E-state index contributed by atoms with van der Waals surface area (Å²) in [7, 11) is 0. The van der Waals surface area contributed by atoms with E-state index >= 15 is 0 Å². The molecule has 0 heterocycles. The van der Waals surface area contributed by atoms with E-state index in [9.17, 15) is 14.7 Å². The summed E-state index contributed by atoms with van der Waals surface area (Å²) in [5, 5.41) is 13.7. The molecule has 1 amide bonds. The Balaban J connectivity index is 1.54. The molecule has 35 heavy (non-hydrogen) atoms. The van der Waals surface area contributed by atoms with Crippen LogP contribution in [0.3, 0.4) is 0 Å². The first kappa shape index (κ1) is 25.3. The summed E-state index contributed by atoms with van der Waals surface area (Å²) in [5.74, 6) is 1.79. The Morgan fingerprint density at radius 1 is 0.886 bits per heavy atom. The SMILES string of the molecule is C=C(C)C1CC[C@]2(C(=O)O)CC[C@]3(C)C(CCC4[C@@]5(C)CC[C@H](NC=O)C(C)(C)C5CC[C@]43C)C12. The second kappa shape index (κ2) is 7.84. The van der Waals surface area contributed by atoms with Crippen molar-refractivity contribution in [1.29, 1.82) is 0 Å². The van der Waals surface area contributed by atoms with Crippen molar-refractivity contribution in [2.75, 3.05) is 0 Å². The molecule has 0 aromatic rings. The highest BCUT2D eigenvalue weighted by Gasteiger charge is 2.72. The van der Waals surface area contributed by atoms with Gasteiger partial charge < -0.3 is 10.4 Å². The van der Waals surface area contributed by atoms with E-state index in [0.29, 0.717) is 23.7 Å². The van der Waals surface area contributed by atoms with Crippen LogP contribution in [0.25, 0.3) is 0 Å². The van der Waals surface area contributed by atoms with Crippen molar-refractivity contribution in [3.63, 3.8) is 0 Å². The van der Waals surface area contributed by atoms with Crippen LogP contribution in [0.5, 0.6) is 0 Å². The molecule has 5 aliphatic carbocycles. The van der Waals surface area contributed by atoms with Gasteiger partial charge in [0.1, 0.15) is 0 Å². The van der Waals surface area contributed by atoms with E-state index in [4.69, 9.17) is 0 Å². The van der Waals surface area contributed by atoms with Crippen LogP contribution in [-0.4, -0.2) is 23.5 Å². The summed E-state index contributed by atoms with van der Waals surface area (Å²) in [6.45, 7) is 19.0. The van der Waals surface area contributed by atoms with Gasteiger partial charge in [0.15, 0.2) is 0 Å². The van der Waals surface area contributed by atoms with Gasteiger partial charge in [-0.1, -0.05) is 46.8 Å². The Morgan fingerprint density at radius 2 is 1.60 bits per heavy atom. The largest absolute Gasteiger partial charge is 0.481 e. The van der Waals surface area contributed by atoms with Crippen molar-refractivity contribution in [1.82, 2.24) is 5.32 Å². The lowest BCUT2D eigenvalue weighted by Crippen LogP contribution is -2.67. The van der Waals surface area contributed by atoms with E-state index in [1.807, 2.05) is 0 Å². The van der Waals surface area contributed by atoms with E-state index in [-0.39, 0.29) is 33.6 Å². The third-order valence-corrected chi connectivity index (χ3v) is 13.8. The third kappa shape index (κ3) is 3.03. The molecule has 0 bridgehead atoms. The Hall–Kier alpha value is -1.32. The van der Waals surface area contributed by atoms with Gasteiger partial charge in [-0.2, -0.15) is 0 Å². The molecule has 10 atom stereocenters. The molecular weight excluding hydrogens is 434 g/mol. The van der Waals surface area contributed by atoms with Crippen molar-refractivity contribution < 1.29 is 14.7 Å². The number of carboxylic acids is 1. The fourth-order valence-corrected chi connectivity index (χ4v) is 11.9. The molecular formula is C31H49NO3. The predicted octanol–water partition coefficient (Wildman–Crippen LogP) is 6.84. The summed E-state index contributed by atoms with van der Waals surface area (Å²) >= 11 is 0. The lowest BCUT2D eigenvalue weighted by atomic mass is 9.32. The summed E-state index contributed by atoms with van der Waals surface area (Å²) in [4.78, 5) is 24.2. The highest BCUT2D eigenvalue weighted by molar-refractivity contribution is 5.76. The van der Waals surface area contributed by atoms with Gasteiger partial charge >= 0.3 is 5.97 Å². The molecule has 0 spiro atoms. The van der Waals surface area contributed by atoms with Crippen LogP contribution >= 0.6 is 0 Å². The minimum atomic E-state index is -0.543. The molecule has 0 radical (unpaired) electrons. The van der Waals surface area contributed by atoms with E-state index in [2.05, 4.69) is 53.4 Å². The Kier molecular flexibility index (Phi) is 5.67. The van der Waals surface area contributed by atoms with Crippen LogP contribution in [0, 0.1) is 56.7 Å². The summed E-state index contributed by atoms with van der Waals surface area (Å²) < 4.78 is 0. The van der Waals surface area contributed by atoms with Crippen molar-refractivity contribution in [3.8, 4) is 0 Å². The average molecular weight is 484 g/mol. The number of allylic oxidation sites excluding steroid dienone is 1.